The second kappa shape index (κ2) is 8.75. The average Bonchev–Trinajstić information content (AvgIpc) is 3.12. The molecule has 0 aliphatic rings. The van der Waals surface area contributed by atoms with Crippen molar-refractivity contribution >= 4 is 28.9 Å². The zero-order valence-corrected chi connectivity index (χ0v) is 21.8. The van der Waals surface area contributed by atoms with Crippen LogP contribution in [0.4, 0.5) is 0 Å². The number of nitrogens with zero attached hydrogens (tertiary/aromatic N) is 5. The van der Waals surface area contributed by atoms with Gasteiger partial charge in [-0.1, -0.05) is 47.5 Å². The highest BCUT2D eigenvalue weighted by Gasteiger charge is 2.41. The van der Waals surface area contributed by atoms with Crippen LogP contribution >= 0.6 is 0 Å². The van der Waals surface area contributed by atoms with Gasteiger partial charge in [-0.15, -0.1) is 5.54 Å². The van der Waals surface area contributed by atoms with Gasteiger partial charge in [-0.05, 0) is 35.2 Å². The normalized spacial score (nSPS) is 12.6. The number of pyridine rings is 1. The van der Waals surface area contributed by atoms with Gasteiger partial charge < -0.3 is 0 Å². The van der Waals surface area contributed by atoms with E-state index in [0.29, 0.717) is 33.5 Å². The van der Waals surface area contributed by atoms with Crippen LogP contribution in [-0.2, 0) is 9.84 Å². The highest BCUT2D eigenvalue weighted by atomic mass is 32.2. The molecule has 170 valence electrons. The summed E-state index contributed by atoms with van der Waals surface area (Å²) in [4.78, 5) is 12.9. The fourth-order valence-corrected chi connectivity index (χ4v) is 10.2. The lowest BCUT2D eigenvalue weighted by molar-refractivity contribution is 0.593. The van der Waals surface area contributed by atoms with E-state index in [1.807, 2.05) is 19.2 Å². The van der Waals surface area contributed by atoms with Gasteiger partial charge in [0.05, 0.1) is 11.6 Å². The largest absolute Gasteiger partial charge is 0.248 e. The minimum atomic E-state index is -3.56. The summed E-state index contributed by atoms with van der Waals surface area (Å²) in [5.41, 5.74) is 7.21. The van der Waals surface area contributed by atoms with Crippen molar-refractivity contribution in [2.24, 2.45) is 0 Å². The van der Waals surface area contributed by atoms with E-state index in [9.17, 15) is 8.42 Å². The standard InChI is InChI=1S/C23H31N5O2SSi/c1-15(2)32(16(3)4,17(5)6)10-9-19-11-21(28-14-18(7)12-25-28)26-22-20(19)13-24-23(27-22)31(8,29)30/h11-17H,1-8H3. The van der Waals surface area contributed by atoms with Gasteiger partial charge in [0.1, 0.15) is 8.07 Å². The average molecular weight is 470 g/mol. The summed E-state index contributed by atoms with van der Waals surface area (Å²) in [5, 5.41) is 4.74. The highest BCUT2D eigenvalue weighted by Crippen LogP contribution is 2.40. The number of sulfone groups is 1. The topological polar surface area (TPSA) is 90.6 Å². The van der Waals surface area contributed by atoms with Gasteiger partial charge in [0, 0.05) is 24.2 Å². The molecule has 32 heavy (non-hydrogen) atoms. The molecule has 3 heterocycles. The van der Waals surface area contributed by atoms with E-state index in [-0.39, 0.29) is 5.16 Å². The molecule has 3 aromatic heterocycles. The molecule has 3 aromatic rings. The second-order valence-electron chi connectivity index (χ2n) is 9.30. The maximum Gasteiger partial charge on any atom is 0.248 e. The lowest BCUT2D eigenvalue weighted by atomic mass is 10.2. The summed E-state index contributed by atoms with van der Waals surface area (Å²) in [6, 6.07) is 1.88. The van der Waals surface area contributed by atoms with Crippen LogP contribution in [0.3, 0.4) is 0 Å². The van der Waals surface area contributed by atoms with Crippen LogP contribution in [0.25, 0.3) is 16.9 Å². The molecular weight excluding hydrogens is 438 g/mol. The molecule has 0 aromatic carbocycles. The fraction of sp³-hybridized carbons (Fsp3) is 0.478. The third kappa shape index (κ3) is 4.47. The van der Waals surface area contributed by atoms with E-state index in [1.165, 1.54) is 6.20 Å². The van der Waals surface area contributed by atoms with E-state index < -0.39 is 17.9 Å². The minimum absolute atomic E-state index is 0.250. The number of fused-ring (bicyclic) bond motifs is 1. The molecule has 0 atom stereocenters. The lowest BCUT2D eigenvalue weighted by Crippen LogP contribution is -2.43. The van der Waals surface area contributed by atoms with Gasteiger partial charge in [0.25, 0.3) is 0 Å². The minimum Gasteiger partial charge on any atom is -0.226 e. The Kier molecular flexibility index (Phi) is 6.59. The van der Waals surface area contributed by atoms with Crippen molar-refractivity contribution in [1.29, 1.82) is 0 Å². The Bertz CT molecular complexity index is 1300. The predicted octanol–water partition coefficient (Wildman–Crippen LogP) is 4.49. The molecule has 7 nitrogen and oxygen atoms in total. The van der Waals surface area contributed by atoms with Gasteiger partial charge in [-0.25, -0.2) is 23.1 Å². The summed E-state index contributed by atoms with van der Waals surface area (Å²) in [6.07, 6.45) is 6.20. The third-order valence-corrected chi connectivity index (χ3v) is 13.2. The van der Waals surface area contributed by atoms with Crippen LogP contribution in [0, 0.1) is 18.4 Å². The van der Waals surface area contributed by atoms with Crippen molar-refractivity contribution in [1.82, 2.24) is 24.7 Å². The Balaban J connectivity index is 2.32. The molecule has 0 bridgehead atoms. The number of aromatic nitrogens is 5. The van der Waals surface area contributed by atoms with Crippen molar-refractivity contribution < 1.29 is 8.42 Å². The van der Waals surface area contributed by atoms with Gasteiger partial charge in [0.15, 0.2) is 11.5 Å². The third-order valence-electron chi connectivity index (χ3n) is 6.09. The molecule has 0 fully saturated rings. The van der Waals surface area contributed by atoms with E-state index >= 15 is 0 Å². The van der Waals surface area contributed by atoms with Crippen molar-refractivity contribution in [3.8, 4) is 17.3 Å². The molecule has 0 saturated heterocycles. The quantitative estimate of drug-likeness (QED) is 0.311. The molecule has 0 aliphatic carbocycles. The maximum absolute atomic E-state index is 12.0. The molecule has 0 amide bonds. The number of hydrogen-bond donors (Lipinski definition) is 0. The first-order chi connectivity index (χ1) is 14.9. The summed E-state index contributed by atoms with van der Waals surface area (Å²) < 4.78 is 25.7. The van der Waals surface area contributed by atoms with E-state index in [2.05, 4.69) is 73.1 Å². The summed E-state index contributed by atoms with van der Waals surface area (Å²) in [7, 11) is -5.54. The van der Waals surface area contributed by atoms with Crippen molar-refractivity contribution in [2.75, 3.05) is 6.26 Å². The molecule has 0 aliphatic heterocycles. The Labute approximate surface area is 191 Å². The monoisotopic (exact) mass is 469 g/mol. The summed E-state index contributed by atoms with van der Waals surface area (Å²) in [5.74, 6) is 3.99. The molecule has 0 radical (unpaired) electrons. The first-order valence-electron chi connectivity index (χ1n) is 10.8. The molecule has 0 saturated carbocycles. The van der Waals surface area contributed by atoms with E-state index in [4.69, 9.17) is 0 Å². The summed E-state index contributed by atoms with van der Waals surface area (Å²) in [6.45, 7) is 15.6. The Morgan fingerprint density at radius 1 is 1.00 bits per heavy atom. The molecule has 9 heteroatoms. The van der Waals surface area contributed by atoms with Crippen molar-refractivity contribution in [2.45, 2.75) is 70.2 Å². The first kappa shape index (κ1) is 24.1. The smallest absolute Gasteiger partial charge is 0.226 e. The predicted molar refractivity (Wildman–Crippen MR) is 130 cm³/mol. The Morgan fingerprint density at radius 3 is 2.12 bits per heavy atom. The number of rotatable bonds is 5. The first-order valence-corrected chi connectivity index (χ1v) is 14.9. The zero-order valence-electron chi connectivity index (χ0n) is 20.0. The molecule has 0 unspecified atom stereocenters. The molecule has 3 rings (SSSR count). The molecular formula is C23H31N5O2SSi. The lowest BCUT2D eigenvalue weighted by Gasteiger charge is -2.38. The van der Waals surface area contributed by atoms with Gasteiger partial charge >= 0.3 is 0 Å². The fourth-order valence-electron chi connectivity index (χ4n) is 4.53. The molecule has 0 spiro atoms. The SMILES string of the molecule is Cc1cnn(-c2cc(C#C[Si](C(C)C)(C(C)C)C(C)C)c3cnc(S(C)(=O)=O)nc3n2)c1. The number of hydrogen-bond acceptors (Lipinski definition) is 6. The Hall–Kier alpha value is -2.57. The van der Waals surface area contributed by atoms with Crippen LogP contribution in [-0.4, -0.2) is 47.5 Å². The van der Waals surface area contributed by atoms with Crippen LogP contribution in [0.5, 0.6) is 0 Å². The van der Waals surface area contributed by atoms with E-state index in [1.54, 1.807) is 10.9 Å². The zero-order chi connectivity index (χ0) is 23.8. The van der Waals surface area contributed by atoms with Crippen LogP contribution < -0.4 is 0 Å². The van der Waals surface area contributed by atoms with Gasteiger partial charge in [-0.3, -0.25) is 0 Å². The van der Waals surface area contributed by atoms with Crippen molar-refractivity contribution in [3.63, 3.8) is 0 Å². The number of aryl methyl sites for hydroxylation is 1. The van der Waals surface area contributed by atoms with Gasteiger partial charge in [0.2, 0.25) is 15.0 Å². The van der Waals surface area contributed by atoms with Crippen LogP contribution in [0.15, 0.2) is 29.8 Å². The summed E-state index contributed by atoms with van der Waals surface area (Å²) >= 11 is 0. The molecule has 0 N–H and O–H groups in total. The van der Waals surface area contributed by atoms with Crippen molar-refractivity contribution in [3.05, 3.63) is 35.8 Å². The van der Waals surface area contributed by atoms with E-state index in [0.717, 1.165) is 17.4 Å². The van der Waals surface area contributed by atoms with Crippen LogP contribution in [0.2, 0.25) is 16.6 Å². The van der Waals surface area contributed by atoms with Gasteiger partial charge in [-0.2, -0.15) is 10.1 Å². The maximum atomic E-state index is 12.0. The highest BCUT2D eigenvalue weighted by molar-refractivity contribution is 7.90. The Morgan fingerprint density at radius 2 is 1.62 bits per heavy atom. The van der Waals surface area contributed by atoms with Crippen LogP contribution in [0.1, 0.15) is 52.7 Å². The second-order valence-corrected chi connectivity index (χ2v) is 16.8.